The molecule has 1 saturated heterocycles. The van der Waals surface area contributed by atoms with Crippen LogP contribution in [0.4, 0.5) is 18.9 Å². The van der Waals surface area contributed by atoms with Gasteiger partial charge in [0.05, 0.1) is 30.6 Å². The summed E-state index contributed by atoms with van der Waals surface area (Å²) >= 11 is 0. The molecule has 12 heteroatoms. The number of anilines is 1. The smallest absolute Gasteiger partial charge is 0.436 e. The van der Waals surface area contributed by atoms with Gasteiger partial charge in [-0.2, -0.15) is 13.2 Å². The molecule has 33 heavy (non-hydrogen) atoms. The van der Waals surface area contributed by atoms with Crippen LogP contribution in [0.2, 0.25) is 0 Å². The van der Waals surface area contributed by atoms with E-state index in [1.807, 2.05) is 0 Å². The molecule has 0 radical (unpaired) electrons. The maximum atomic E-state index is 13.2. The van der Waals surface area contributed by atoms with Gasteiger partial charge in [-0.3, -0.25) is 24.4 Å². The number of nitrogens with zero attached hydrogens (tertiary/aromatic N) is 3. The first kappa shape index (κ1) is 25.6. The highest BCUT2D eigenvalue weighted by molar-refractivity contribution is 6.39. The Labute approximate surface area is 188 Å². The van der Waals surface area contributed by atoms with Gasteiger partial charge in [-0.1, -0.05) is 6.58 Å². The van der Waals surface area contributed by atoms with E-state index in [1.165, 1.54) is 23.4 Å². The largest absolute Gasteiger partial charge is 0.494 e. The Bertz CT molecular complexity index is 1000. The topological polar surface area (TPSA) is 127 Å². The number of pyridine rings is 1. The fraction of sp³-hybridized carbons (Fsp3) is 0.381. The van der Waals surface area contributed by atoms with Gasteiger partial charge in [0, 0.05) is 19.8 Å². The number of halogens is 3. The highest BCUT2D eigenvalue weighted by atomic mass is 19.4. The number of nitrogens with one attached hydrogen (secondary N) is 1. The second kappa shape index (κ2) is 10.7. The Morgan fingerprint density at radius 1 is 1.33 bits per heavy atom. The summed E-state index contributed by atoms with van der Waals surface area (Å²) in [5.74, 6) is -3.21. The van der Waals surface area contributed by atoms with Crippen molar-refractivity contribution >= 4 is 29.1 Å². The van der Waals surface area contributed by atoms with E-state index in [2.05, 4.69) is 21.9 Å². The third kappa shape index (κ3) is 6.40. The molecule has 9 nitrogen and oxygen atoms in total. The molecule has 2 rings (SSSR count). The number of aromatic nitrogens is 1. The molecule has 0 spiro atoms. The number of likely N-dealkylation sites (tertiary alicyclic amines) is 1. The van der Waals surface area contributed by atoms with Gasteiger partial charge in [-0.05, 0) is 37.0 Å². The lowest BCUT2D eigenvalue weighted by Gasteiger charge is -2.36. The van der Waals surface area contributed by atoms with Crippen LogP contribution in [0.1, 0.15) is 29.6 Å². The van der Waals surface area contributed by atoms with Crippen molar-refractivity contribution in [3.8, 4) is 0 Å². The Kier molecular flexibility index (Phi) is 8.32. The van der Waals surface area contributed by atoms with E-state index in [4.69, 9.17) is 10.5 Å². The number of primary amides is 1. The number of piperidine rings is 1. The molecular weight excluding hydrogens is 443 g/mol. The molecule has 1 aliphatic rings. The predicted octanol–water partition coefficient (Wildman–Crippen LogP) is 2.22. The van der Waals surface area contributed by atoms with Gasteiger partial charge in [-0.25, -0.2) is 0 Å². The number of carbonyl (C=O) groups excluding carboxylic acids is 3. The summed E-state index contributed by atoms with van der Waals surface area (Å²) in [5.41, 5.74) is 4.25. The molecule has 3 amide bonds. The van der Waals surface area contributed by atoms with Crippen LogP contribution >= 0.6 is 0 Å². The van der Waals surface area contributed by atoms with Crippen molar-refractivity contribution < 1.29 is 32.3 Å². The number of amides is 3. The Balaban J connectivity index is 2.24. The van der Waals surface area contributed by atoms with Crippen LogP contribution in [-0.2, 0) is 14.3 Å². The Morgan fingerprint density at radius 2 is 2.03 bits per heavy atom. The normalized spacial score (nSPS) is 17.4. The number of alkyl halides is 3. The van der Waals surface area contributed by atoms with E-state index in [0.717, 1.165) is 20.2 Å². The minimum atomic E-state index is -4.74. The van der Waals surface area contributed by atoms with E-state index in [9.17, 15) is 27.6 Å². The van der Waals surface area contributed by atoms with Crippen LogP contribution in [0.3, 0.4) is 0 Å². The standard InChI is InChI=1S/C21H24F3N5O4/c1-12(8-16(33-3)17(26-2)21(22,23)24)15-6-4-5-7-29(15)20(32)19(31)28-14-9-13(18(25)30)10-27-11-14/h8-11,15H,1,4-7H2,2-3H3,(H2,25,30)(H,28,31)/b16-8+,26-17?/t15-/m0/s1. The molecule has 0 bridgehead atoms. The summed E-state index contributed by atoms with van der Waals surface area (Å²) in [6.45, 7) is 4.01. The summed E-state index contributed by atoms with van der Waals surface area (Å²) in [7, 11) is 2.06. The number of rotatable bonds is 6. The quantitative estimate of drug-likeness (QED) is 0.287. The maximum Gasteiger partial charge on any atom is 0.436 e. The fourth-order valence-corrected chi connectivity index (χ4v) is 3.38. The zero-order valence-corrected chi connectivity index (χ0v) is 18.1. The summed E-state index contributed by atoms with van der Waals surface area (Å²) in [4.78, 5) is 44.9. The van der Waals surface area contributed by atoms with E-state index in [-0.39, 0.29) is 23.4 Å². The average molecular weight is 467 g/mol. The van der Waals surface area contributed by atoms with E-state index in [1.54, 1.807) is 0 Å². The molecule has 1 aromatic heterocycles. The number of ether oxygens (including phenoxy) is 1. The van der Waals surface area contributed by atoms with Gasteiger partial charge in [0.15, 0.2) is 5.71 Å². The lowest BCUT2D eigenvalue weighted by Crippen LogP contribution is -2.49. The highest BCUT2D eigenvalue weighted by Crippen LogP contribution is 2.27. The monoisotopic (exact) mass is 467 g/mol. The molecule has 3 N–H and O–H groups in total. The zero-order chi connectivity index (χ0) is 24.8. The molecule has 0 aromatic carbocycles. The minimum Gasteiger partial charge on any atom is -0.494 e. The average Bonchev–Trinajstić information content (AvgIpc) is 2.77. The van der Waals surface area contributed by atoms with Crippen LogP contribution in [0, 0.1) is 0 Å². The molecule has 1 aliphatic heterocycles. The number of methoxy groups -OCH3 is 1. The first-order valence-corrected chi connectivity index (χ1v) is 9.85. The van der Waals surface area contributed by atoms with E-state index in [0.29, 0.717) is 19.3 Å². The van der Waals surface area contributed by atoms with Gasteiger partial charge in [0.25, 0.3) is 0 Å². The first-order valence-electron chi connectivity index (χ1n) is 9.85. The van der Waals surface area contributed by atoms with Crippen molar-refractivity contribution in [2.45, 2.75) is 31.5 Å². The number of carbonyl (C=O) groups is 3. The van der Waals surface area contributed by atoms with Crippen molar-refractivity contribution in [2.24, 2.45) is 10.7 Å². The number of aliphatic imine (C=N–C) groups is 1. The molecule has 1 atom stereocenters. The van der Waals surface area contributed by atoms with Gasteiger partial charge in [0.2, 0.25) is 5.91 Å². The Hall–Kier alpha value is -3.70. The number of hydrogen-bond donors (Lipinski definition) is 2. The molecular formula is C21H24F3N5O4. The van der Waals surface area contributed by atoms with Crippen LogP contribution in [0.15, 0.2) is 47.4 Å². The summed E-state index contributed by atoms with van der Waals surface area (Å²) in [6.07, 6.45) is 0.460. The van der Waals surface area contributed by atoms with Crippen LogP contribution in [0.5, 0.6) is 0 Å². The second-order valence-corrected chi connectivity index (χ2v) is 7.15. The van der Waals surface area contributed by atoms with Crippen LogP contribution < -0.4 is 11.1 Å². The van der Waals surface area contributed by atoms with Crippen molar-refractivity contribution in [1.29, 1.82) is 0 Å². The third-order valence-corrected chi connectivity index (χ3v) is 4.93. The third-order valence-electron chi connectivity index (χ3n) is 4.93. The number of nitrogens with two attached hydrogens (primary N) is 1. The SMILES string of the molecule is C=C(/C=C(/OC)C(=NC)C(F)(F)F)[C@@H]1CCCCN1C(=O)C(=O)Nc1cncc(C(N)=O)c1. The molecule has 1 fully saturated rings. The molecule has 0 aliphatic carbocycles. The predicted molar refractivity (Wildman–Crippen MR) is 114 cm³/mol. The number of hydrogen-bond acceptors (Lipinski definition) is 6. The van der Waals surface area contributed by atoms with Crippen LogP contribution in [-0.4, -0.2) is 66.2 Å². The van der Waals surface area contributed by atoms with Crippen LogP contribution in [0.25, 0.3) is 0 Å². The van der Waals surface area contributed by atoms with Crippen molar-refractivity contribution in [2.75, 3.05) is 26.0 Å². The zero-order valence-electron chi connectivity index (χ0n) is 18.1. The lowest BCUT2D eigenvalue weighted by molar-refractivity contribution is -0.145. The highest BCUT2D eigenvalue weighted by Gasteiger charge is 2.39. The molecule has 2 heterocycles. The van der Waals surface area contributed by atoms with Gasteiger partial charge in [-0.15, -0.1) is 0 Å². The molecule has 1 aromatic rings. The molecule has 178 valence electrons. The van der Waals surface area contributed by atoms with Crippen molar-refractivity contribution in [3.05, 3.63) is 48.0 Å². The van der Waals surface area contributed by atoms with E-state index < -0.39 is 41.4 Å². The van der Waals surface area contributed by atoms with E-state index >= 15 is 0 Å². The second-order valence-electron chi connectivity index (χ2n) is 7.15. The lowest BCUT2D eigenvalue weighted by atomic mass is 9.95. The molecule has 0 saturated carbocycles. The van der Waals surface area contributed by atoms with Crippen molar-refractivity contribution in [1.82, 2.24) is 9.88 Å². The summed E-state index contributed by atoms with van der Waals surface area (Å²) < 4.78 is 44.5. The summed E-state index contributed by atoms with van der Waals surface area (Å²) in [6, 6.07) is 0.548. The summed E-state index contributed by atoms with van der Waals surface area (Å²) in [5, 5.41) is 2.35. The maximum absolute atomic E-state index is 13.2. The van der Waals surface area contributed by atoms with Gasteiger partial charge in [0.1, 0.15) is 5.76 Å². The molecule has 0 unspecified atom stereocenters. The first-order chi connectivity index (χ1) is 15.5. The minimum absolute atomic E-state index is 0.0414. The van der Waals surface area contributed by atoms with Gasteiger partial charge >= 0.3 is 18.0 Å². The number of allylic oxidation sites excluding steroid dienone is 1. The fourth-order valence-electron chi connectivity index (χ4n) is 3.38. The van der Waals surface area contributed by atoms with Gasteiger partial charge < -0.3 is 20.7 Å². The van der Waals surface area contributed by atoms with Crippen molar-refractivity contribution in [3.63, 3.8) is 0 Å². The Morgan fingerprint density at radius 3 is 2.61 bits per heavy atom.